The van der Waals surface area contributed by atoms with E-state index >= 15 is 0 Å². The molecule has 0 spiro atoms. The Hall–Kier alpha value is -4.04. The van der Waals surface area contributed by atoms with E-state index in [-0.39, 0.29) is 22.8 Å². The highest BCUT2D eigenvalue weighted by Crippen LogP contribution is 2.28. The van der Waals surface area contributed by atoms with Crippen LogP contribution in [-0.4, -0.2) is 65.1 Å². The highest BCUT2D eigenvalue weighted by Gasteiger charge is 2.29. The quantitative estimate of drug-likeness (QED) is 0.512. The van der Waals surface area contributed by atoms with Crippen LogP contribution in [0.15, 0.2) is 42.2 Å². The maximum absolute atomic E-state index is 13.1. The molecule has 1 aliphatic heterocycles. The Labute approximate surface area is 183 Å². The number of amides is 1. The molecular weight excluding hydrogens is 398 g/mol. The smallest absolute Gasteiger partial charge is 0.272 e. The minimum atomic E-state index is -2.50. The van der Waals surface area contributed by atoms with Crippen molar-refractivity contribution in [2.24, 2.45) is 0 Å². The molecule has 160 valence electrons. The first-order valence-corrected chi connectivity index (χ1v) is 9.54. The molecule has 1 saturated heterocycles. The highest BCUT2D eigenvalue weighted by molar-refractivity contribution is 5.94. The fourth-order valence-electron chi connectivity index (χ4n) is 3.53. The van der Waals surface area contributed by atoms with Gasteiger partial charge in [0.1, 0.15) is 17.4 Å². The van der Waals surface area contributed by atoms with Crippen LogP contribution in [-0.2, 0) is 4.79 Å². The number of likely N-dealkylation sites (tertiary alicyclic amines) is 1. The van der Waals surface area contributed by atoms with Crippen molar-refractivity contribution < 1.29 is 18.4 Å². The van der Waals surface area contributed by atoms with Crippen molar-refractivity contribution in [3.63, 3.8) is 0 Å². The number of hydrogen-bond donors (Lipinski definition) is 3. The zero-order valence-electron chi connectivity index (χ0n) is 20.0. The summed E-state index contributed by atoms with van der Waals surface area (Å²) in [5.74, 6) is 2.17. The average Bonchev–Trinajstić information content (AvgIpc) is 3.36. The van der Waals surface area contributed by atoms with Crippen LogP contribution in [0, 0.1) is 0 Å². The number of nitrogens with one attached hydrogen (secondary N) is 3. The van der Waals surface area contributed by atoms with Crippen molar-refractivity contribution >= 4 is 34.7 Å². The van der Waals surface area contributed by atoms with E-state index in [0.717, 1.165) is 0 Å². The van der Waals surface area contributed by atoms with Gasteiger partial charge in [0.25, 0.3) is 5.91 Å². The molecule has 3 aromatic rings. The van der Waals surface area contributed by atoms with E-state index in [0.29, 0.717) is 30.1 Å². The number of fused-ring (bicyclic) bond motifs is 1. The molecule has 0 bridgehead atoms. The van der Waals surface area contributed by atoms with E-state index in [1.54, 1.807) is 30.1 Å². The largest absolute Gasteiger partial charge is 0.495 e. The number of hydrogen-bond acceptors (Lipinski definition) is 8. The molecule has 0 unspecified atom stereocenters. The van der Waals surface area contributed by atoms with E-state index in [1.807, 2.05) is 12.0 Å². The Morgan fingerprint density at radius 3 is 2.97 bits per heavy atom. The van der Waals surface area contributed by atoms with Crippen molar-refractivity contribution in [3.05, 3.63) is 47.9 Å². The van der Waals surface area contributed by atoms with E-state index in [2.05, 4.69) is 26.0 Å². The Kier molecular flexibility index (Phi) is 4.52. The van der Waals surface area contributed by atoms with Gasteiger partial charge in [-0.05, 0) is 18.6 Å². The first-order chi connectivity index (χ1) is 16.2. The predicted octanol–water partition coefficient (Wildman–Crippen LogP) is 1.67. The van der Waals surface area contributed by atoms with Crippen LogP contribution in [0.3, 0.4) is 0 Å². The normalized spacial score (nSPS) is 17.5. The third kappa shape index (κ3) is 3.76. The summed E-state index contributed by atoms with van der Waals surface area (Å²) in [5.41, 5.74) is 1.34. The molecule has 3 N–H and O–H groups in total. The van der Waals surface area contributed by atoms with E-state index in [1.165, 1.54) is 23.9 Å². The number of aromatic nitrogens is 3. The van der Waals surface area contributed by atoms with Gasteiger partial charge in [-0.25, -0.2) is 14.3 Å². The van der Waals surface area contributed by atoms with Gasteiger partial charge in [0, 0.05) is 30.7 Å². The lowest BCUT2D eigenvalue weighted by atomic mass is 10.2. The van der Waals surface area contributed by atoms with Gasteiger partial charge < -0.3 is 25.6 Å². The second-order valence-corrected chi connectivity index (χ2v) is 7.00. The number of rotatable bonds is 6. The molecule has 1 amide bonds. The van der Waals surface area contributed by atoms with E-state index in [4.69, 9.17) is 8.85 Å². The number of carbonyl (C=O) groups excluding carboxylic acids is 2. The number of methoxy groups -OCH3 is 1. The summed E-state index contributed by atoms with van der Waals surface area (Å²) < 4.78 is 29.4. The molecule has 0 saturated carbocycles. The van der Waals surface area contributed by atoms with Crippen LogP contribution < -0.4 is 20.7 Å². The summed E-state index contributed by atoms with van der Waals surface area (Å²) in [7, 11) is 3.28. The Bertz CT molecular complexity index is 1280. The molecule has 10 nitrogen and oxygen atoms in total. The minimum Gasteiger partial charge on any atom is -0.495 e. The minimum absolute atomic E-state index is 0.0760. The molecule has 3 heterocycles. The number of nitrogens with zero attached hydrogens (tertiary/aromatic N) is 4. The van der Waals surface area contributed by atoms with Crippen LogP contribution in [0.1, 0.15) is 21.0 Å². The summed E-state index contributed by atoms with van der Waals surface area (Å²) in [6.45, 7) is -1.89. The molecule has 2 aromatic heterocycles. The molecular formula is C21H23N7O3. The van der Waals surface area contributed by atoms with Crippen LogP contribution in [0.5, 0.6) is 5.75 Å². The second-order valence-electron chi connectivity index (χ2n) is 7.00. The number of benzene rings is 1. The molecule has 0 radical (unpaired) electrons. The predicted molar refractivity (Wildman–Crippen MR) is 117 cm³/mol. The van der Waals surface area contributed by atoms with Crippen molar-refractivity contribution in [2.75, 3.05) is 38.3 Å². The Morgan fingerprint density at radius 1 is 1.35 bits per heavy atom. The van der Waals surface area contributed by atoms with Gasteiger partial charge >= 0.3 is 0 Å². The van der Waals surface area contributed by atoms with Gasteiger partial charge in [-0.3, -0.25) is 4.79 Å². The topological polar surface area (TPSA) is 113 Å². The summed E-state index contributed by atoms with van der Waals surface area (Å²) in [5, 5.41) is 12.8. The van der Waals surface area contributed by atoms with E-state index in [9.17, 15) is 9.59 Å². The summed E-state index contributed by atoms with van der Waals surface area (Å²) in [6, 6.07) is 8.14. The summed E-state index contributed by atoms with van der Waals surface area (Å²) >= 11 is 0. The van der Waals surface area contributed by atoms with Gasteiger partial charge in [-0.2, -0.15) is 0 Å². The number of likely N-dealkylation sites (N-methyl/N-ethyl adjacent to an activating group) is 1. The van der Waals surface area contributed by atoms with E-state index < -0.39 is 18.9 Å². The zero-order valence-corrected chi connectivity index (χ0v) is 17.0. The number of carbonyl (C=O) groups is 1. The van der Waals surface area contributed by atoms with Gasteiger partial charge in [0.2, 0.25) is 0 Å². The molecule has 1 atom stereocenters. The second kappa shape index (κ2) is 8.37. The maximum Gasteiger partial charge on any atom is 0.272 e. The number of ether oxygens (including phenoxy) is 1. The number of para-hydroxylation sites is 2. The van der Waals surface area contributed by atoms with Crippen molar-refractivity contribution in [1.29, 1.82) is 0 Å². The van der Waals surface area contributed by atoms with Crippen LogP contribution >= 0.6 is 0 Å². The average molecular weight is 424 g/mol. The molecule has 1 aromatic carbocycles. The van der Waals surface area contributed by atoms with Crippen molar-refractivity contribution in [2.45, 2.75) is 12.5 Å². The summed E-state index contributed by atoms with van der Waals surface area (Å²) in [4.78, 5) is 30.3. The van der Waals surface area contributed by atoms with Gasteiger partial charge in [0.05, 0.1) is 30.7 Å². The van der Waals surface area contributed by atoms with Gasteiger partial charge in [-0.1, -0.05) is 12.1 Å². The number of imidazole rings is 1. The fraction of sp³-hybridized carbons (Fsp3) is 0.286. The molecule has 31 heavy (non-hydrogen) atoms. The third-order valence-electron chi connectivity index (χ3n) is 5.11. The van der Waals surface area contributed by atoms with Crippen LogP contribution in [0.4, 0.5) is 17.2 Å². The van der Waals surface area contributed by atoms with Crippen molar-refractivity contribution in [3.8, 4) is 5.75 Å². The van der Waals surface area contributed by atoms with Crippen LogP contribution in [0.25, 0.3) is 5.65 Å². The van der Waals surface area contributed by atoms with Gasteiger partial charge in [-0.15, -0.1) is 5.10 Å². The Balaban J connectivity index is 1.74. The van der Waals surface area contributed by atoms with Crippen LogP contribution in [0.2, 0.25) is 0 Å². The first kappa shape index (κ1) is 16.7. The monoisotopic (exact) mass is 424 g/mol. The number of anilines is 3. The lowest BCUT2D eigenvalue weighted by Crippen LogP contribution is -2.36. The molecule has 1 aliphatic rings. The lowest BCUT2D eigenvalue weighted by molar-refractivity contribution is 0.0936. The standard InChI is InChI=1S/C21H23N7O3/c1-22-15-10-19(24-14-6-4-5-7-18(14)31-3)26-28-16(11-23-20(15)28)21(30)25-13-8-9-27(2)17(13)12-29/h4-7,10-11,13,22H,8-9H2,1-3H3,(H,24,26)(H,25,30)/t13-/m1/s1/i1D3. The highest BCUT2D eigenvalue weighted by atomic mass is 16.5. The lowest BCUT2D eigenvalue weighted by Gasteiger charge is -2.15. The third-order valence-corrected chi connectivity index (χ3v) is 5.11. The van der Waals surface area contributed by atoms with Crippen molar-refractivity contribution in [1.82, 2.24) is 24.8 Å². The Morgan fingerprint density at radius 2 is 2.19 bits per heavy atom. The molecule has 0 aliphatic carbocycles. The summed E-state index contributed by atoms with van der Waals surface area (Å²) in [6.07, 6.45) is 1.86. The SMILES string of the molecule is [2H]C([2H])([2H])Nc1cc(Nc2ccccc2OC)nn2c(C(=O)N[C@@H]3CCN(C)C3=C=O)cnc12. The first-order valence-electron chi connectivity index (χ1n) is 11.0. The fourth-order valence-corrected chi connectivity index (χ4v) is 3.53. The zero-order chi connectivity index (χ0) is 24.5. The molecule has 1 fully saturated rings. The molecule has 4 rings (SSSR count). The molecule has 10 heteroatoms. The van der Waals surface area contributed by atoms with Gasteiger partial charge in [0.15, 0.2) is 17.2 Å². The maximum atomic E-state index is 13.1.